The Bertz CT molecular complexity index is 441. The van der Waals surface area contributed by atoms with Crippen LogP contribution in [0.25, 0.3) is 0 Å². The van der Waals surface area contributed by atoms with Gasteiger partial charge in [-0.15, -0.1) is 10.2 Å². The molecule has 0 bridgehead atoms. The summed E-state index contributed by atoms with van der Waals surface area (Å²) >= 11 is 5.65. The first-order valence-electron chi connectivity index (χ1n) is 4.58. The zero-order valence-corrected chi connectivity index (χ0v) is 9.28. The lowest BCUT2D eigenvalue weighted by Crippen LogP contribution is -2.13. The van der Waals surface area contributed by atoms with E-state index >= 15 is 0 Å². The third-order valence-corrected chi connectivity index (χ3v) is 2.33. The van der Waals surface area contributed by atoms with Gasteiger partial charge in [0.2, 0.25) is 0 Å². The predicted octanol–water partition coefficient (Wildman–Crippen LogP) is 2.42. The summed E-state index contributed by atoms with van der Waals surface area (Å²) in [4.78, 5) is 0. The van der Waals surface area contributed by atoms with Crippen molar-refractivity contribution in [2.24, 2.45) is 0 Å². The van der Waals surface area contributed by atoms with E-state index in [4.69, 9.17) is 11.6 Å². The second-order valence-corrected chi connectivity index (χ2v) is 3.69. The minimum Gasteiger partial charge on any atom is -0.276 e. The van der Waals surface area contributed by atoms with Crippen molar-refractivity contribution in [1.82, 2.24) is 14.9 Å². The van der Waals surface area contributed by atoms with Crippen LogP contribution in [0.1, 0.15) is 11.4 Å². The van der Waals surface area contributed by atoms with Crippen LogP contribution in [0.4, 0.5) is 5.82 Å². The van der Waals surface area contributed by atoms with E-state index in [0.29, 0.717) is 11.0 Å². The van der Waals surface area contributed by atoms with Crippen LogP contribution in [0.5, 0.6) is 0 Å². The second kappa shape index (κ2) is 3.90. The van der Waals surface area contributed by atoms with E-state index in [1.807, 2.05) is 30.7 Å². The number of nitrogens with one attached hydrogen (secondary N) is 1. The summed E-state index contributed by atoms with van der Waals surface area (Å²) in [6.45, 7) is 4.03. The summed E-state index contributed by atoms with van der Waals surface area (Å²) in [7, 11) is 0. The Morgan fingerprint density at radius 3 is 2.27 bits per heavy atom. The molecule has 78 valence electrons. The second-order valence-electron chi connectivity index (χ2n) is 3.30. The van der Waals surface area contributed by atoms with E-state index in [9.17, 15) is 0 Å². The van der Waals surface area contributed by atoms with Crippen molar-refractivity contribution >= 4 is 17.4 Å². The molecule has 0 radical (unpaired) electrons. The minimum absolute atomic E-state index is 0.390. The quantitative estimate of drug-likeness (QED) is 0.849. The first-order valence-corrected chi connectivity index (χ1v) is 4.96. The van der Waals surface area contributed by atoms with E-state index in [2.05, 4.69) is 15.6 Å². The first kappa shape index (κ1) is 9.98. The molecule has 15 heavy (non-hydrogen) atoms. The topological polar surface area (TPSA) is 42.7 Å². The van der Waals surface area contributed by atoms with Gasteiger partial charge >= 0.3 is 0 Å². The van der Waals surface area contributed by atoms with E-state index in [0.717, 1.165) is 11.4 Å². The number of hydrogen-bond donors (Lipinski definition) is 1. The molecule has 0 spiro atoms. The van der Waals surface area contributed by atoms with Crippen LogP contribution in [-0.4, -0.2) is 14.9 Å². The van der Waals surface area contributed by atoms with Gasteiger partial charge in [0.1, 0.15) is 0 Å². The Balaban J connectivity index is 2.25. The Morgan fingerprint density at radius 2 is 1.73 bits per heavy atom. The van der Waals surface area contributed by atoms with Crippen LogP contribution < -0.4 is 5.43 Å². The lowest BCUT2D eigenvalue weighted by atomic mass is 10.5. The van der Waals surface area contributed by atoms with Gasteiger partial charge in [0.05, 0.1) is 0 Å². The SMILES string of the molecule is Cc1ccc(C)n1Nc1ccc(Cl)nn1. The van der Waals surface area contributed by atoms with Gasteiger partial charge in [0, 0.05) is 11.4 Å². The van der Waals surface area contributed by atoms with Crippen LogP contribution in [0, 0.1) is 13.8 Å². The molecule has 0 amide bonds. The maximum Gasteiger partial charge on any atom is 0.167 e. The molecule has 2 heterocycles. The first-order chi connectivity index (χ1) is 7.16. The van der Waals surface area contributed by atoms with Gasteiger partial charge in [-0.05, 0) is 38.1 Å². The number of aryl methyl sites for hydroxylation is 2. The summed E-state index contributed by atoms with van der Waals surface area (Å²) in [5.74, 6) is 0.668. The zero-order chi connectivity index (χ0) is 10.8. The zero-order valence-electron chi connectivity index (χ0n) is 8.53. The van der Waals surface area contributed by atoms with Crippen LogP contribution in [0.15, 0.2) is 24.3 Å². The number of hydrogen-bond acceptors (Lipinski definition) is 3. The molecular weight excluding hydrogens is 212 g/mol. The molecule has 4 nitrogen and oxygen atoms in total. The van der Waals surface area contributed by atoms with Gasteiger partial charge in [-0.3, -0.25) is 10.1 Å². The Labute approximate surface area is 92.9 Å². The highest BCUT2D eigenvalue weighted by Crippen LogP contribution is 2.10. The van der Waals surface area contributed by atoms with Gasteiger partial charge in [0.25, 0.3) is 0 Å². The standard InChI is InChI=1S/C10H11ClN4/c1-7-3-4-8(2)15(7)14-10-6-5-9(11)12-13-10/h3-6H,1-2H3,(H,13,14). The molecule has 0 aliphatic heterocycles. The van der Waals surface area contributed by atoms with Crippen LogP contribution in [-0.2, 0) is 0 Å². The van der Waals surface area contributed by atoms with Crippen LogP contribution >= 0.6 is 11.6 Å². The van der Waals surface area contributed by atoms with E-state index in [1.165, 1.54) is 0 Å². The Kier molecular flexibility index (Phi) is 2.60. The Hall–Kier alpha value is -1.55. The summed E-state index contributed by atoms with van der Waals surface area (Å²) in [6.07, 6.45) is 0. The predicted molar refractivity (Wildman–Crippen MR) is 60.0 cm³/mol. The van der Waals surface area contributed by atoms with Crippen molar-refractivity contribution in [3.05, 3.63) is 40.8 Å². The normalized spacial score (nSPS) is 10.3. The van der Waals surface area contributed by atoms with Gasteiger partial charge in [0.15, 0.2) is 11.0 Å². The van der Waals surface area contributed by atoms with Crippen molar-refractivity contribution in [3.8, 4) is 0 Å². The highest BCUT2D eigenvalue weighted by Gasteiger charge is 2.01. The molecule has 0 fully saturated rings. The Morgan fingerprint density at radius 1 is 1.07 bits per heavy atom. The number of nitrogens with zero attached hydrogens (tertiary/aromatic N) is 3. The van der Waals surface area contributed by atoms with E-state index in [-0.39, 0.29) is 0 Å². The molecule has 0 aliphatic rings. The summed E-state index contributed by atoms with van der Waals surface area (Å²) in [5.41, 5.74) is 5.36. The molecule has 0 unspecified atom stereocenters. The summed E-state index contributed by atoms with van der Waals surface area (Å²) < 4.78 is 1.94. The summed E-state index contributed by atoms with van der Waals surface area (Å²) in [6, 6.07) is 7.55. The maximum atomic E-state index is 5.65. The van der Waals surface area contributed by atoms with Gasteiger partial charge in [-0.2, -0.15) is 0 Å². The average molecular weight is 223 g/mol. The van der Waals surface area contributed by atoms with E-state index < -0.39 is 0 Å². The summed E-state index contributed by atoms with van der Waals surface area (Å²) in [5, 5.41) is 8.07. The fourth-order valence-corrected chi connectivity index (χ4v) is 1.44. The largest absolute Gasteiger partial charge is 0.276 e. The lowest BCUT2D eigenvalue weighted by molar-refractivity contribution is 0.857. The lowest BCUT2D eigenvalue weighted by Gasteiger charge is -2.10. The van der Waals surface area contributed by atoms with Crippen molar-refractivity contribution < 1.29 is 0 Å². The highest BCUT2D eigenvalue weighted by molar-refractivity contribution is 6.29. The molecule has 2 aromatic heterocycles. The molecule has 2 rings (SSSR count). The molecule has 0 saturated heterocycles. The number of halogens is 1. The smallest absolute Gasteiger partial charge is 0.167 e. The van der Waals surface area contributed by atoms with Gasteiger partial charge in [-0.25, -0.2) is 0 Å². The number of anilines is 1. The van der Waals surface area contributed by atoms with Gasteiger partial charge < -0.3 is 0 Å². The van der Waals surface area contributed by atoms with Crippen molar-refractivity contribution in [3.63, 3.8) is 0 Å². The molecule has 0 aromatic carbocycles. The molecule has 0 saturated carbocycles. The number of aromatic nitrogens is 3. The van der Waals surface area contributed by atoms with Crippen molar-refractivity contribution in [2.75, 3.05) is 5.43 Å². The third kappa shape index (κ3) is 2.10. The average Bonchev–Trinajstić information content (AvgIpc) is 2.53. The van der Waals surface area contributed by atoms with Crippen molar-refractivity contribution in [2.45, 2.75) is 13.8 Å². The number of rotatable bonds is 2. The fraction of sp³-hybridized carbons (Fsp3) is 0.200. The highest BCUT2D eigenvalue weighted by atomic mass is 35.5. The van der Waals surface area contributed by atoms with Gasteiger partial charge in [-0.1, -0.05) is 11.6 Å². The fourth-order valence-electron chi connectivity index (χ4n) is 1.33. The third-order valence-electron chi connectivity index (χ3n) is 2.13. The minimum atomic E-state index is 0.390. The molecule has 0 aliphatic carbocycles. The maximum absolute atomic E-state index is 5.65. The van der Waals surface area contributed by atoms with Crippen LogP contribution in [0.2, 0.25) is 5.15 Å². The molecule has 1 N–H and O–H groups in total. The molecule has 2 aromatic rings. The van der Waals surface area contributed by atoms with Crippen LogP contribution in [0.3, 0.4) is 0 Å². The van der Waals surface area contributed by atoms with Crippen molar-refractivity contribution in [1.29, 1.82) is 0 Å². The molecule has 5 heteroatoms. The molecular formula is C10H11ClN4. The monoisotopic (exact) mass is 222 g/mol. The van der Waals surface area contributed by atoms with E-state index in [1.54, 1.807) is 12.1 Å². The molecule has 0 atom stereocenters.